The van der Waals surface area contributed by atoms with Gasteiger partial charge in [-0.3, -0.25) is 0 Å². The first-order chi connectivity index (χ1) is 28.6. The van der Waals surface area contributed by atoms with Crippen LogP contribution in [0.3, 0.4) is 0 Å². The minimum Gasteiger partial charge on any atom is -0.354 e. The standard InChI is InChI=1S/C54H35BrN2S/c55-53-49-33-41(26-31-50(49)56-54(53)48-18-9-13-39-12-4-5-16-45(39)48)38-22-20-37(21-23-38)40-14-8-15-43(32-40)57(42-27-24-36(25-28-42)35-10-2-1-3-11-35)44-29-30-47-46-17-6-7-19-51(46)58-52(47)34-44/h1-34,56H. The predicted octanol–water partition coefficient (Wildman–Crippen LogP) is 16.6. The van der Waals surface area contributed by atoms with Crippen LogP contribution >= 0.6 is 27.3 Å². The van der Waals surface area contributed by atoms with Crippen molar-refractivity contribution in [2.45, 2.75) is 0 Å². The third-order valence-corrected chi connectivity index (χ3v) is 13.3. The van der Waals surface area contributed by atoms with Gasteiger partial charge in [0, 0.05) is 53.7 Å². The Morgan fingerprint density at radius 3 is 1.78 bits per heavy atom. The summed E-state index contributed by atoms with van der Waals surface area (Å²) in [5.41, 5.74) is 13.9. The lowest BCUT2D eigenvalue weighted by atomic mass is 9.98. The van der Waals surface area contributed by atoms with Gasteiger partial charge in [0.2, 0.25) is 0 Å². The number of anilines is 3. The molecule has 0 amide bonds. The number of hydrogen-bond donors (Lipinski definition) is 1. The maximum absolute atomic E-state index is 3.97. The smallest absolute Gasteiger partial charge is 0.0615 e. The zero-order chi connectivity index (χ0) is 38.6. The number of hydrogen-bond acceptors (Lipinski definition) is 2. The number of H-pyrrole nitrogens is 1. The van der Waals surface area contributed by atoms with Gasteiger partial charge in [0.1, 0.15) is 0 Å². The van der Waals surface area contributed by atoms with Gasteiger partial charge in [-0.05, 0) is 115 Å². The predicted molar refractivity (Wildman–Crippen MR) is 253 cm³/mol. The molecule has 0 aliphatic rings. The van der Waals surface area contributed by atoms with E-state index in [-0.39, 0.29) is 0 Å². The van der Waals surface area contributed by atoms with Crippen LogP contribution in [0.25, 0.3) is 86.5 Å². The van der Waals surface area contributed by atoms with Gasteiger partial charge >= 0.3 is 0 Å². The van der Waals surface area contributed by atoms with Gasteiger partial charge < -0.3 is 9.88 Å². The average molecular weight is 824 g/mol. The van der Waals surface area contributed by atoms with Crippen LogP contribution in [0, 0.1) is 0 Å². The van der Waals surface area contributed by atoms with Gasteiger partial charge in [-0.2, -0.15) is 0 Å². The zero-order valence-electron chi connectivity index (χ0n) is 31.4. The SMILES string of the molecule is Brc1c(-c2cccc3ccccc23)[nH]c2ccc(-c3ccc(-c4cccc(N(c5ccc(-c6ccccc6)cc5)c5ccc6c(c5)sc5ccccc56)c4)cc3)cc12. The number of thiophene rings is 1. The van der Waals surface area contributed by atoms with Gasteiger partial charge in [0.05, 0.1) is 10.2 Å². The topological polar surface area (TPSA) is 19.0 Å². The van der Waals surface area contributed by atoms with Crippen LogP contribution in [0.1, 0.15) is 0 Å². The Balaban J connectivity index is 0.943. The van der Waals surface area contributed by atoms with Crippen LogP contribution in [-0.4, -0.2) is 4.98 Å². The van der Waals surface area contributed by atoms with Crippen molar-refractivity contribution >= 4 is 86.2 Å². The summed E-state index contributed by atoms with van der Waals surface area (Å²) in [6, 6.07) is 74.7. The van der Waals surface area contributed by atoms with Gasteiger partial charge in [0.15, 0.2) is 0 Å². The van der Waals surface area contributed by atoms with Crippen LogP contribution in [0.15, 0.2) is 211 Å². The molecule has 2 nitrogen and oxygen atoms in total. The normalized spacial score (nSPS) is 11.5. The zero-order valence-corrected chi connectivity index (χ0v) is 33.8. The Morgan fingerprint density at radius 1 is 0.379 bits per heavy atom. The van der Waals surface area contributed by atoms with Crippen LogP contribution < -0.4 is 4.90 Å². The highest BCUT2D eigenvalue weighted by atomic mass is 79.9. The molecule has 2 aromatic heterocycles. The summed E-state index contributed by atoms with van der Waals surface area (Å²) in [4.78, 5) is 6.08. The lowest BCUT2D eigenvalue weighted by Crippen LogP contribution is -2.09. The highest BCUT2D eigenvalue weighted by molar-refractivity contribution is 9.10. The molecule has 2 heterocycles. The molecular weight excluding hydrogens is 789 g/mol. The molecule has 0 atom stereocenters. The summed E-state index contributed by atoms with van der Waals surface area (Å²) in [5, 5.41) is 6.24. The molecule has 9 aromatic carbocycles. The average Bonchev–Trinajstić information content (AvgIpc) is 3.83. The van der Waals surface area contributed by atoms with E-state index in [2.05, 4.69) is 232 Å². The molecule has 0 saturated carbocycles. The van der Waals surface area contributed by atoms with E-state index in [9.17, 15) is 0 Å². The van der Waals surface area contributed by atoms with Crippen molar-refractivity contribution in [3.05, 3.63) is 211 Å². The summed E-state index contributed by atoms with van der Waals surface area (Å²) < 4.78 is 3.68. The lowest BCUT2D eigenvalue weighted by molar-refractivity contribution is 1.29. The molecular formula is C54H35BrN2S. The van der Waals surface area contributed by atoms with E-state index in [1.165, 1.54) is 75.3 Å². The van der Waals surface area contributed by atoms with E-state index in [4.69, 9.17) is 0 Å². The van der Waals surface area contributed by atoms with E-state index in [1.54, 1.807) is 0 Å². The lowest BCUT2D eigenvalue weighted by Gasteiger charge is -2.26. The quantitative estimate of drug-likeness (QED) is 0.170. The third-order valence-electron chi connectivity index (χ3n) is 11.3. The molecule has 11 rings (SSSR count). The van der Waals surface area contributed by atoms with Gasteiger partial charge in [-0.1, -0.05) is 152 Å². The molecule has 0 bridgehead atoms. The second kappa shape index (κ2) is 14.3. The van der Waals surface area contributed by atoms with Gasteiger partial charge in [0.25, 0.3) is 0 Å². The molecule has 0 aliphatic heterocycles. The van der Waals surface area contributed by atoms with Gasteiger partial charge in [-0.25, -0.2) is 0 Å². The molecule has 274 valence electrons. The maximum atomic E-state index is 3.97. The molecule has 0 spiro atoms. The van der Waals surface area contributed by atoms with E-state index in [0.29, 0.717) is 0 Å². The molecule has 0 aliphatic carbocycles. The number of halogens is 1. The number of nitrogens with one attached hydrogen (secondary N) is 1. The second-order valence-corrected chi connectivity index (χ2v) is 16.6. The largest absolute Gasteiger partial charge is 0.354 e. The number of aromatic nitrogens is 1. The fourth-order valence-corrected chi connectivity index (χ4v) is 10.2. The first-order valence-corrected chi connectivity index (χ1v) is 21.1. The third kappa shape index (κ3) is 6.10. The monoisotopic (exact) mass is 822 g/mol. The van der Waals surface area contributed by atoms with Gasteiger partial charge in [-0.15, -0.1) is 11.3 Å². The van der Waals surface area contributed by atoms with E-state index >= 15 is 0 Å². The molecule has 58 heavy (non-hydrogen) atoms. The molecule has 0 saturated heterocycles. The van der Waals surface area contributed by atoms with E-state index < -0.39 is 0 Å². The number of rotatable bonds is 7. The fraction of sp³-hybridized carbons (Fsp3) is 0. The molecule has 1 N–H and O–H groups in total. The Labute approximate surface area is 349 Å². The highest BCUT2D eigenvalue weighted by Crippen LogP contribution is 2.43. The number of benzene rings is 9. The summed E-state index contributed by atoms with van der Waals surface area (Å²) in [5.74, 6) is 0. The Morgan fingerprint density at radius 2 is 0.948 bits per heavy atom. The fourth-order valence-electron chi connectivity index (χ4n) is 8.38. The highest BCUT2D eigenvalue weighted by Gasteiger charge is 2.17. The first kappa shape index (κ1) is 34.5. The van der Waals surface area contributed by atoms with E-state index in [1.807, 2.05) is 11.3 Å². The van der Waals surface area contributed by atoms with Crippen molar-refractivity contribution in [3.63, 3.8) is 0 Å². The second-order valence-electron chi connectivity index (χ2n) is 14.8. The summed E-state index contributed by atoms with van der Waals surface area (Å²) in [6.07, 6.45) is 0. The van der Waals surface area contributed by atoms with Crippen molar-refractivity contribution in [2.75, 3.05) is 4.90 Å². The number of fused-ring (bicyclic) bond motifs is 5. The van der Waals surface area contributed by atoms with Crippen LogP contribution in [0.4, 0.5) is 17.1 Å². The number of nitrogens with zero attached hydrogens (tertiary/aromatic N) is 1. The van der Waals surface area contributed by atoms with Crippen LogP contribution in [0.5, 0.6) is 0 Å². The van der Waals surface area contributed by atoms with E-state index in [0.717, 1.165) is 32.7 Å². The Bertz CT molecular complexity index is 3280. The molecule has 0 fully saturated rings. The summed E-state index contributed by atoms with van der Waals surface area (Å²) >= 11 is 5.83. The maximum Gasteiger partial charge on any atom is 0.0615 e. The molecule has 4 heteroatoms. The summed E-state index contributed by atoms with van der Waals surface area (Å²) in [7, 11) is 0. The Hall–Kier alpha value is -6.72. The number of aromatic amines is 1. The van der Waals surface area contributed by atoms with Crippen molar-refractivity contribution < 1.29 is 0 Å². The molecule has 0 radical (unpaired) electrons. The minimum absolute atomic E-state index is 1.08. The van der Waals surface area contributed by atoms with Crippen molar-refractivity contribution in [3.8, 4) is 44.6 Å². The summed E-state index contributed by atoms with van der Waals surface area (Å²) in [6.45, 7) is 0. The van der Waals surface area contributed by atoms with Crippen LogP contribution in [0.2, 0.25) is 0 Å². The molecule has 0 unspecified atom stereocenters. The van der Waals surface area contributed by atoms with Crippen molar-refractivity contribution in [1.82, 2.24) is 4.98 Å². The Kier molecular flexibility index (Phi) is 8.53. The van der Waals surface area contributed by atoms with Crippen LogP contribution in [-0.2, 0) is 0 Å². The van der Waals surface area contributed by atoms with Crippen molar-refractivity contribution in [1.29, 1.82) is 0 Å². The first-order valence-electron chi connectivity index (χ1n) is 19.5. The molecule has 11 aromatic rings. The van der Waals surface area contributed by atoms with Crippen molar-refractivity contribution in [2.24, 2.45) is 0 Å². The minimum atomic E-state index is 1.08.